The Morgan fingerprint density at radius 1 is 1.43 bits per heavy atom. The van der Waals surface area contributed by atoms with Gasteiger partial charge in [-0.1, -0.05) is 13.8 Å². The van der Waals surface area contributed by atoms with Gasteiger partial charge in [0.25, 0.3) is 0 Å². The van der Waals surface area contributed by atoms with Crippen LogP contribution in [-0.2, 0) is 21.3 Å². The molecule has 0 aromatic carbocycles. The largest absolute Gasteiger partial charge is 0.377 e. The molecule has 3 N–H and O–H groups in total. The summed E-state index contributed by atoms with van der Waals surface area (Å²) in [6.45, 7) is 5.78. The Bertz CT molecular complexity index is 533. The van der Waals surface area contributed by atoms with E-state index in [1.165, 1.54) is 6.20 Å². The van der Waals surface area contributed by atoms with Crippen molar-refractivity contribution >= 4 is 10.0 Å². The van der Waals surface area contributed by atoms with Crippen LogP contribution in [0.3, 0.4) is 0 Å². The summed E-state index contributed by atoms with van der Waals surface area (Å²) in [5.74, 6) is 0. The first-order valence-corrected chi connectivity index (χ1v) is 8.97. The lowest BCUT2D eigenvalue weighted by Gasteiger charge is -2.22. The van der Waals surface area contributed by atoms with Crippen LogP contribution in [0, 0.1) is 0 Å². The summed E-state index contributed by atoms with van der Waals surface area (Å²) >= 11 is 0. The fourth-order valence-corrected chi connectivity index (χ4v) is 3.33. The van der Waals surface area contributed by atoms with Gasteiger partial charge in [-0.3, -0.25) is 0 Å². The van der Waals surface area contributed by atoms with Crippen LogP contribution in [0.2, 0.25) is 0 Å². The summed E-state index contributed by atoms with van der Waals surface area (Å²) in [4.78, 5) is 3.27. The van der Waals surface area contributed by atoms with Crippen molar-refractivity contribution in [2.24, 2.45) is 0 Å². The standard InChI is InChI=1S/C14H25N3O3S/c1-11(2)15-8-12-7-14(10-16-12)21(18,19)17-9-13-5-3-4-6-20-13/h7,10-11,13,15-17H,3-6,8-9H2,1-2H3. The Morgan fingerprint density at radius 2 is 2.24 bits per heavy atom. The number of rotatable bonds is 7. The average Bonchev–Trinajstić information content (AvgIpc) is 2.94. The minimum atomic E-state index is -3.47. The molecule has 1 aromatic heterocycles. The molecule has 0 radical (unpaired) electrons. The van der Waals surface area contributed by atoms with E-state index in [0.29, 0.717) is 19.1 Å². The third kappa shape index (κ3) is 5.10. The van der Waals surface area contributed by atoms with E-state index in [4.69, 9.17) is 4.74 Å². The molecule has 1 aliphatic heterocycles. The molecule has 6 nitrogen and oxygen atoms in total. The molecule has 1 saturated heterocycles. The predicted octanol–water partition coefficient (Wildman–Crippen LogP) is 1.36. The molecule has 1 aliphatic rings. The van der Waals surface area contributed by atoms with Crippen molar-refractivity contribution in [2.75, 3.05) is 13.2 Å². The van der Waals surface area contributed by atoms with Crippen LogP contribution in [0.15, 0.2) is 17.2 Å². The van der Waals surface area contributed by atoms with E-state index >= 15 is 0 Å². The van der Waals surface area contributed by atoms with Gasteiger partial charge < -0.3 is 15.0 Å². The lowest BCUT2D eigenvalue weighted by molar-refractivity contribution is 0.0200. The maximum atomic E-state index is 12.2. The van der Waals surface area contributed by atoms with Gasteiger partial charge in [0.1, 0.15) is 0 Å². The lowest BCUT2D eigenvalue weighted by atomic mass is 10.1. The highest BCUT2D eigenvalue weighted by Crippen LogP contribution is 2.14. The van der Waals surface area contributed by atoms with Gasteiger partial charge in [0.2, 0.25) is 10.0 Å². The van der Waals surface area contributed by atoms with Gasteiger partial charge in [-0.05, 0) is 25.3 Å². The molecule has 2 heterocycles. The van der Waals surface area contributed by atoms with Crippen LogP contribution in [-0.4, -0.2) is 38.7 Å². The highest BCUT2D eigenvalue weighted by molar-refractivity contribution is 7.89. The van der Waals surface area contributed by atoms with Crippen LogP contribution in [0.5, 0.6) is 0 Å². The van der Waals surface area contributed by atoms with E-state index in [2.05, 4.69) is 15.0 Å². The molecule has 2 rings (SSSR count). The lowest BCUT2D eigenvalue weighted by Crippen LogP contribution is -2.35. The smallest absolute Gasteiger partial charge is 0.242 e. The molecular formula is C14H25N3O3S. The Morgan fingerprint density at radius 3 is 2.90 bits per heavy atom. The monoisotopic (exact) mass is 315 g/mol. The normalized spacial score (nSPS) is 20.0. The fourth-order valence-electron chi connectivity index (χ4n) is 2.24. The zero-order valence-electron chi connectivity index (χ0n) is 12.7. The van der Waals surface area contributed by atoms with Gasteiger partial charge in [-0.25, -0.2) is 13.1 Å². The highest BCUT2D eigenvalue weighted by Gasteiger charge is 2.20. The highest BCUT2D eigenvalue weighted by atomic mass is 32.2. The third-order valence-electron chi connectivity index (χ3n) is 3.50. The van der Waals surface area contributed by atoms with Crippen molar-refractivity contribution < 1.29 is 13.2 Å². The van der Waals surface area contributed by atoms with Gasteiger partial charge in [0, 0.05) is 37.6 Å². The molecule has 1 aromatic rings. The Hall–Kier alpha value is -0.890. The molecule has 1 atom stereocenters. The summed E-state index contributed by atoms with van der Waals surface area (Å²) in [6, 6.07) is 2.02. The molecule has 0 amide bonds. The third-order valence-corrected chi connectivity index (χ3v) is 4.91. The summed E-state index contributed by atoms with van der Waals surface area (Å²) in [5, 5.41) is 3.24. The van der Waals surface area contributed by atoms with E-state index < -0.39 is 10.0 Å². The molecule has 21 heavy (non-hydrogen) atoms. The van der Waals surface area contributed by atoms with E-state index in [1.54, 1.807) is 6.07 Å². The van der Waals surface area contributed by atoms with Crippen molar-refractivity contribution in [3.8, 4) is 0 Å². The van der Waals surface area contributed by atoms with Crippen LogP contribution in [0.25, 0.3) is 0 Å². The molecule has 0 bridgehead atoms. The van der Waals surface area contributed by atoms with E-state index in [-0.39, 0.29) is 11.0 Å². The number of H-pyrrole nitrogens is 1. The van der Waals surface area contributed by atoms with Crippen LogP contribution >= 0.6 is 0 Å². The van der Waals surface area contributed by atoms with E-state index in [0.717, 1.165) is 31.6 Å². The molecule has 0 saturated carbocycles. The number of hydrogen-bond donors (Lipinski definition) is 3. The Kier molecular flexibility index (Phi) is 5.80. The molecule has 7 heteroatoms. The predicted molar refractivity (Wildman–Crippen MR) is 81.5 cm³/mol. The van der Waals surface area contributed by atoms with Crippen LogP contribution in [0.4, 0.5) is 0 Å². The topological polar surface area (TPSA) is 83.2 Å². The van der Waals surface area contributed by atoms with Gasteiger partial charge in [-0.2, -0.15) is 0 Å². The van der Waals surface area contributed by atoms with Crippen molar-refractivity contribution in [1.29, 1.82) is 0 Å². The second-order valence-corrected chi connectivity index (χ2v) is 7.50. The number of ether oxygens (including phenoxy) is 1. The van der Waals surface area contributed by atoms with Crippen molar-refractivity contribution in [3.63, 3.8) is 0 Å². The molecular weight excluding hydrogens is 290 g/mol. The first-order chi connectivity index (χ1) is 9.97. The minimum Gasteiger partial charge on any atom is -0.377 e. The first-order valence-electron chi connectivity index (χ1n) is 7.49. The SMILES string of the molecule is CC(C)NCc1cc(S(=O)(=O)NCC2CCCCO2)c[nH]1. The molecule has 1 fully saturated rings. The number of hydrogen-bond acceptors (Lipinski definition) is 4. The second kappa shape index (κ2) is 7.40. The summed E-state index contributed by atoms with van der Waals surface area (Å²) in [5.41, 5.74) is 0.859. The summed E-state index contributed by atoms with van der Waals surface area (Å²) in [7, 11) is -3.47. The summed E-state index contributed by atoms with van der Waals surface area (Å²) in [6.07, 6.45) is 4.60. The van der Waals surface area contributed by atoms with Crippen molar-refractivity contribution in [2.45, 2.75) is 56.7 Å². The number of aromatic nitrogens is 1. The Labute approximate surface area is 126 Å². The second-order valence-electron chi connectivity index (χ2n) is 5.74. The maximum absolute atomic E-state index is 12.2. The van der Waals surface area contributed by atoms with Crippen molar-refractivity contribution in [3.05, 3.63) is 18.0 Å². The average molecular weight is 315 g/mol. The minimum absolute atomic E-state index is 0.00505. The van der Waals surface area contributed by atoms with Gasteiger partial charge in [0.15, 0.2) is 0 Å². The first kappa shape index (κ1) is 16.5. The van der Waals surface area contributed by atoms with E-state index in [1.807, 2.05) is 13.8 Å². The number of aromatic amines is 1. The van der Waals surface area contributed by atoms with Crippen LogP contribution in [0.1, 0.15) is 38.8 Å². The fraction of sp³-hybridized carbons (Fsp3) is 0.714. The summed E-state index contributed by atoms with van der Waals surface area (Å²) < 4.78 is 32.6. The maximum Gasteiger partial charge on any atom is 0.242 e. The zero-order valence-corrected chi connectivity index (χ0v) is 13.5. The molecule has 1 unspecified atom stereocenters. The zero-order chi connectivity index (χ0) is 15.3. The quantitative estimate of drug-likeness (QED) is 0.709. The molecule has 120 valence electrons. The van der Waals surface area contributed by atoms with Gasteiger partial charge >= 0.3 is 0 Å². The van der Waals surface area contributed by atoms with E-state index in [9.17, 15) is 8.42 Å². The van der Waals surface area contributed by atoms with Crippen LogP contribution < -0.4 is 10.0 Å². The Balaban J connectivity index is 1.89. The molecule has 0 aliphatic carbocycles. The molecule has 0 spiro atoms. The number of sulfonamides is 1. The van der Waals surface area contributed by atoms with Gasteiger partial charge in [0.05, 0.1) is 11.0 Å². The number of nitrogens with one attached hydrogen (secondary N) is 3. The van der Waals surface area contributed by atoms with Crippen molar-refractivity contribution in [1.82, 2.24) is 15.0 Å². The van der Waals surface area contributed by atoms with Gasteiger partial charge in [-0.15, -0.1) is 0 Å².